The second-order valence-electron chi connectivity index (χ2n) is 6.65. The standard InChI is InChI=1S/C16H19N3O5S.Na/c1-16(2)11(15(23)24)19-13(22)10(14(19)25-16)18-12(21)9(17)7-3-5-8(20)6-4-7;/h3-6,9-11,14,20H,17H2,1-2H3,(H,18,21)(H,23,24);/t9-,10-,11+,14-;/m1./s1. The number of hydrogen-bond donors (Lipinski definition) is 4. The van der Waals surface area contributed by atoms with E-state index in [1.807, 2.05) is 0 Å². The Hall–Kier alpha value is -1.26. The number of aliphatic carboxylic acids is 1. The van der Waals surface area contributed by atoms with Gasteiger partial charge in [0.15, 0.2) is 0 Å². The number of nitrogens with zero attached hydrogens (tertiary/aromatic N) is 1. The van der Waals surface area contributed by atoms with Crippen molar-refractivity contribution < 1.29 is 24.6 Å². The number of carboxylic acid groups (broad SMARTS) is 1. The average Bonchev–Trinajstić information content (AvgIpc) is 2.80. The van der Waals surface area contributed by atoms with Crippen molar-refractivity contribution in [2.75, 3.05) is 0 Å². The summed E-state index contributed by atoms with van der Waals surface area (Å²) >= 11 is 1.35. The van der Waals surface area contributed by atoms with Gasteiger partial charge < -0.3 is 26.2 Å². The van der Waals surface area contributed by atoms with Gasteiger partial charge in [-0.3, -0.25) is 9.59 Å². The van der Waals surface area contributed by atoms with E-state index in [0.29, 0.717) is 5.56 Å². The zero-order valence-corrected chi connectivity index (χ0v) is 17.5. The molecular weight excluding hydrogens is 369 g/mol. The van der Waals surface area contributed by atoms with Crippen LogP contribution in [-0.2, 0) is 14.4 Å². The monoisotopic (exact) mass is 388 g/mol. The molecule has 4 atom stereocenters. The summed E-state index contributed by atoms with van der Waals surface area (Å²) in [5.41, 5.74) is 6.41. The SMILES string of the molecule is CC1(C)S[C@@H]2[C@H](NC(=O)[C@H](N)c3ccc(O)cc3)C(=O)N2[C@H]1C(=O)O.[Na]. The predicted octanol–water partition coefficient (Wildman–Crippen LogP) is -0.357. The van der Waals surface area contributed by atoms with E-state index >= 15 is 0 Å². The Morgan fingerprint density at radius 2 is 1.88 bits per heavy atom. The fourth-order valence-corrected chi connectivity index (χ4v) is 4.85. The number of fused-ring (bicyclic) bond motifs is 1. The van der Waals surface area contributed by atoms with Gasteiger partial charge in [-0.05, 0) is 31.5 Å². The van der Waals surface area contributed by atoms with Crippen LogP contribution >= 0.6 is 11.8 Å². The first kappa shape index (κ1) is 21.0. The molecule has 2 aliphatic rings. The second kappa shape index (κ2) is 7.40. The number of aromatic hydroxyl groups is 1. The third kappa shape index (κ3) is 3.46. The third-order valence-electron chi connectivity index (χ3n) is 4.51. The number of carboxylic acids is 1. The van der Waals surface area contributed by atoms with Crippen LogP contribution in [0.25, 0.3) is 0 Å². The van der Waals surface area contributed by atoms with Crippen LogP contribution in [0.5, 0.6) is 5.75 Å². The summed E-state index contributed by atoms with van der Waals surface area (Å²) in [6.07, 6.45) is 0. The fourth-order valence-electron chi connectivity index (χ4n) is 3.22. The minimum Gasteiger partial charge on any atom is -0.508 e. The number of β-lactam (4-membered cyclic amide) rings is 1. The first-order valence-electron chi connectivity index (χ1n) is 7.71. The molecule has 5 N–H and O–H groups in total. The van der Waals surface area contributed by atoms with Crippen molar-refractivity contribution in [1.82, 2.24) is 10.2 Å². The minimum atomic E-state index is -1.06. The molecule has 2 saturated heterocycles. The number of carbonyl (C=O) groups is 3. The van der Waals surface area contributed by atoms with E-state index in [-0.39, 0.29) is 35.3 Å². The normalized spacial score (nSPS) is 27.0. The van der Waals surface area contributed by atoms with Gasteiger partial charge in [-0.1, -0.05) is 12.1 Å². The van der Waals surface area contributed by atoms with Crippen LogP contribution in [0.15, 0.2) is 24.3 Å². The summed E-state index contributed by atoms with van der Waals surface area (Å²) in [7, 11) is 0. The second-order valence-corrected chi connectivity index (χ2v) is 8.42. The molecule has 0 aliphatic carbocycles. The summed E-state index contributed by atoms with van der Waals surface area (Å²) in [6.45, 7) is 3.53. The molecule has 3 rings (SSSR count). The maximum absolute atomic E-state index is 12.3. The van der Waals surface area contributed by atoms with Crippen molar-refractivity contribution in [3.05, 3.63) is 29.8 Å². The van der Waals surface area contributed by atoms with Crippen LogP contribution in [0.3, 0.4) is 0 Å². The molecule has 1 radical (unpaired) electrons. The Bertz CT molecular complexity index is 742. The Kier molecular flexibility index (Phi) is 5.99. The van der Waals surface area contributed by atoms with E-state index in [1.54, 1.807) is 13.8 Å². The number of phenols is 1. The van der Waals surface area contributed by atoms with Crippen LogP contribution in [-0.4, -0.2) is 84.7 Å². The van der Waals surface area contributed by atoms with Crippen LogP contribution in [0.2, 0.25) is 0 Å². The molecule has 0 aromatic heterocycles. The van der Waals surface area contributed by atoms with Crippen LogP contribution in [0.4, 0.5) is 0 Å². The summed E-state index contributed by atoms with van der Waals surface area (Å²) in [5, 5.41) is 20.9. The third-order valence-corrected chi connectivity index (χ3v) is 6.08. The molecular formula is C16H19N3NaO5S. The molecule has 135 valence electrons. The molecule has 8 nitrogen and oxygen atoms in total. The maximum atomic E-state index is 12.3. The fraction of sp³-hybridized carbons (Fsp3) is 0.438. The average molecular weight is 388 g/mol. The van der Waals surface area contributed by atoms with Crippen LogP contribution < -0.4 is 11.1 Å². The molecule has 1 aromatic carbocycles. The van der Waals surface area contributed by atoms with Crippen LogP contribution in [0.1, 0.15) is 25.5 Å². The quantitative estimate of drug-likeness (QED) is 0.409. The van der Waals surface area contributed by atoms with Crippen LogP contribution in [0, 0.1) is 0 Å². The van der Waals surface area contributed by atoms with E-state index < -0.39 is 46.0 Å². The molecule has 2 amide bonds. The Morgan fingerprint density at radius 3 is 2.42 bits per heavy atom. The minimum absolute atomic E-state index is 0. The van der Waals surface area contributed by atoms with Gasteiger partial charge in [0.2, 0.25) is 11.8 Å². The molecule has 2 aliphatic heterocycles. The number of thioether (sulfide) groups is 1. The summed E-state index contributed by atoms with van der Waals surface area (Å²) < 4.78 is -0.648. The molecule has 10 heteroatoms. The Morgan fingerprint density at radius 1 is 1.31 bits per heavy atom. The van der Waals surface area contributed by atoms with E-state index in [1.165, 1.54) is 40.9 Å². The zero-order chi connectivity index (χ0) is 18.5. The number of rotatable bonds is 4. The van der Waals surface area contributed by atoms with Gasteiger partial charge in [-0.25, -0.2) is 4.79 Å². The van der Waals surface area contributed by atoms with Gasteiger partial charge in [0.25, 0.3) is 0 Å². The number of hydrogen-bond acceptors (Lipinski definition) is 6. The largest absolute Gasteiger partial charge is 0.508 e. The number of nitrogens with two attached hydrogens (primary N) is 1. The topological polar surface area (TPSA) is 133 Å². The van der Waals surface area contributed by atoms with Crippen molar-refractivity contribution in [3.8, 4) is 5.75 Å². The number of benzene rings is 1. The molecule has 26 heavy (non-hydrogen) atoms. The molecule has 2 heterocycles. The first-order valence-corrected chi connectivity index (χ1v) is 8.59. The van der Waals surface area contributed by atoms with E-state index in [9.17, 15) is 24.6 Å². The first-order chi connectivity index (χ1) is 11.6. The molecule has 0 unspecified atom stereocenters. The van der Waals surface area contributed by atoms with Gasteiger partial charge >= 0.3 is 5.97 Å². The summed E-state index contributed by atoms with van der Waals surface area (Å²) in [4.78, 5) is 37.5. The van der Waals surface area contributed by atoms with Gasteiger partial charge in [0.05, 0.1) is 0 Å². The number of phenolic OH excluding ortho intramolecular Hbond substituents is 1. The van der Waals surface area contributed by atoms with Gasteiger partial charge in [0.1, 0.15) is 29.2 Å². The van der Waals surface area contributed by atoms with Crippen molar-refractivity contribution in [2.45, 2.75) is 42.1 Å². The number of carbonyl (C=O) groups excluding carboxylic acids is 2. The molecule has 1 aromatic rings. The van der Waals surface area contributed by atoms with Gasteiger partial charge in [-0.15, -0.1) is 11.8 Å². The molecule has 2 fully saturated rings. The predicted molar refractivity (Wildman–Crippen MR) is 96.4 cm³/mol. The summed E-state index contributed by atoms with van der Waals surface area (Å²) in [6, 6.07) is 3.21. The van der Waals surface area contributed by atoms with Crippen molar-refractivity contribution in [3.63, 3.8) is 0 Å². The number of nitrogens with one attached hydrogen (secondary N) is 1. The molecule has 0 saturated carbocycles. The van der Waals surface area contributed by atoms with E-state index in [2.05, 4.69) is 5.32 Å². The van der Waals surface area contributed by atoms with Crippen molar-refractivity contribution in [1.29, 1.82) is 0 Å². The van der Waals surface area contributed by atoms with E-state index in [4.69, 9.17) is 5.73 Å². The van der Waals surface area contributed by atoms with Crippen molar-refractivity contribution >= 4 is 59.1 Å². The molecule has 0 spiro atoms. The van der Waals surface area contributed by atoms with Gasteiger partial charge in [-0.2, -0.15) is 0 Å². The Balaban J connectivity index is 0.00000243. The number of amides is 2. The smallest absolute Gasteiger partial charge is 0.327 e. The van der Waals surface area contributed by atoms with Gasteiger partial charge in [0, 0.05) is 34.3 Å². The maximum Gasteiger partial charge on any atom is 0.327 e. The van der Waals surface area contributed by atoms with Crippen molar-refractivity contribution in [2.24, 2.45) is 5.73 Å². The summed E-state index contributed by atoms with van der Waals surface area (Å²) in [5.74, 6) is -1.94. The zero-order valence-electron chi connectivity index (χ0n) is 14.7. The Labute approximate surface area is 176 Å². The van der Waals surface area contributed by atoms with E-state index in [0.717, 1.165) is 0 Å². The molecule has 0 bridgehead atoms.